The molecule has 0 radical (unpaired) electrons. The second-order valence-corrected chi connectivity index (χ2v) is 54.3. The quantitative estimate of drug-likeness (QED) is 0.0271. The number of methoxy groups -OCH3 is 1. The number of fused-ring (bicyclic) bond motifs is 6. The van der Waals surface area contributed by atoms with Crippen LogP contribution in [0.15, 0.2) is 110 Å². The van der Waals surface area contributed by atoms with Gasteiger partial charge in [0.05, 0.1) is 73.5 Å². The van der Waals surface area contributed by atoms with E-state index in [9.17, 15) is 14.7 Å². The van der Waals surface area contributed by atoms with Crippen molar-refractivity contribution in [2.75, 3.05) is 33.7 Å². The molecule has 2 N–H and O–H groups in total. The van der Waals surface area contributed by atoms with Crippen molar-refractivity contribution in [3.8, 4) is 0 Å². The first kappa shape index (κ1) is 95.3. The predicted octanol–water partition coefficient (Wildman–Crippen LogP) is 19.0. The van der Waals surface area contributed by atoms with Gasteiger partial charge in [0, 0.05) is 39.2 Å². The van der Waals surface area contributed by atoms with E-state index in [4.69, 9.17) is 65.4 Å². The van der Waals surface area contributed by atoms with Gasteiger partial charge in [-0.1, -0.05) is 214 Å². The molecule has 1 amide bonds. The fourth-order valence-electron chi connectivity index (χ4n) is 15.9. The van der Waals surface area contributed by atoms with E-state index in [1.54, 1.807) is 13.2 Å². The molecule has 0 spiro atoms. The number of hydrogen-bond donors (Lipinski definition) is 2. The van der Waals surface area contributed by atoms with Crippen molar-refractivity contribution in [1.82, 2.24) is 5.32 Å². The molecule has 5 heterocycles. The van der Waals surface area contributed by atoms with Crippen LogP contribution in [0.1, 0.15) is 169 Å². The van der Waals surface area contributed by atoms with Crippen LogP contribution in [0.3, 0.4) is 0 Å². The van der Waals surface area contributed by atoms with Gasteiger partial charge in [0.2, 0.25) is 0 Å². The van der Waals surface area contributed by atoms with Crippen LogP contribution in [-0.4, -0.2) is 185 Å². The molecule has 26 heteroatoms. The van der Waals surface area contributed by atoms with Gasteiger partial charge in [-0.2, -0.15) is 0 Å². The van der Waals surface area contributed by atoms with E-state index in [-0.39, 0.29) is 92.0 Å². The summed E-state index contributed by atoms with van der Waals surface area (Å²) in [5, 5.41) is 15.8. The summed E-state index contributed by atoms with van der Waals surface area (Å²) in [7, 11) is -1.84. The topological polar surface area (TPSA) is 213 Å². The minimum absolute atomic E-state index is 0.00409. The molecular formula is C81H141NO18P4Si3. The number of allylic oxidation sites excluding steroid dienone is 13. The number of amides is 1. The second kappa shape index (κ2) is 47.0. The van der Waals surface area contributed by atoms with Gasteiger partial charge in [-0.15, -0.1) is 17.9 Å². The third-order valence-electron chi connectivity index (χ3n) is 23.5. The van der Waals surface area contributed by atoms with Crippen molar-refractivity contribution in [1.29, 1.82) is 0 Å². The summed E-state index contributed by atoms with van der Waals surface area (Å²) in [6.07, 6.45) is 22.9. The zero-order valence-corrected chi connectivity index (χ0v) is 75.8. The lowest BCUT2D eigenvalue weighted by Crippen LogP contribution is -2.67. The van der Waals surface area contributed by atoms with Gasteiger partial charge in [0.1, 0.15) is 31.3 Å². The summed E-state index contributed by atoms with van der Waals surface area (Å²) in [5.74, 6) is -2.75. The van der Waals surface area contributed by atoms with Crippen molar-refractivity contribution >= 4 is 76.1 Å². The molecule has 5 aliphatic heterocycles. The molecule has 4 saturated heterocycles. The van der Waals surface area contributed by atoms with Gasteiger partial charge in [-0.05, 0) is 126 Å². The fraction of sp³-hybridized carbons (Fsp3) is 0.741. The highest BCUT2D eigenvalue weighted by Gasteiger charge is 2.57. The van der Waals surface area contributed by atoms with Crippen LogP contribution in [0.2, 0.25) is 52.9 Å². The first-order valence-electron chi connectivity index (χ1n) is 39.8. The molecule has 6 bridgehead atoms. The molecule has 107 heavy (non-hydrogen) atoms. The average molecular weight is 1630 g/mol. The molecule has 0 aromatic rings. The van der Waals surface area contributed by atoms with Gasteiger partial charge in [-0.3, -0.25) is 9.59 Å². The van der Waals surface area contributed by atoms with Gasteiger partial charge >= 0.3 is 18.0 Å². The summed E-state index contributed by atoms with van der Waals surface area (Å²) in [6, 6.07) is 2.82. The highest BCUT2D eigenvalue weighted by atomic mass is 32.0. The lowest BCUT2D eigenvalue weighted by molar-refractivity contribution is -0.325. The highest BCUT2D eigenvalue weighted by Crippen LogP contribution is 2.54. The Morgan fingerprint density at radius 3 is 1.64 bits per heavy atom. The molecular weight excluding hydrogens is 1480 g/mol. The summed E-state index contributed by atoms with van der Waals surface area (Å²) in [6.45, 7) is 48.7. The molecule has 0 aromatic heterocycles. The van der Waals surface area contributed by atoms with Crippen LogP contribution in [0.4, 0.5) is 4.79 Å². The van der Waals surface area contributed by atoms with E-state index >= 15 is 4.79 Å². The molecule has 0 aliphatic carbocycles. The Labute approximate surface area is 655 Å². The Balaban J connectivity index is 1.74. The number of aliphatic hydroxyl groups excluding tert-OH is 1. The zero-order chi connectivity index (χ0) is 79.4. The second-order valence-electron chi connectivity index (χ2n) is 31.1. The maximum Gasteiger partial charge on any atom is 0.407 e. The number of alkyl carbamates (subject to hydrolysis) is 1. The first-order valence-corrected chi connectivity index (χ1v) is 54.0. The Morgan fingerprint density at radius 2 is 1.11 bits per heavy atom. The van der Waals surface area contributed by atoms with E-state index in [0.717, 1.165) is 36.3 Å². The number of rotatable bonds is 26. The molecule has 5 aliphatic rings. The Morgan fingerprint density at radius 1 is 0.617 bits per heavy atom. The summed E-state index contributed by atoms with van der Waals surface area (Å²) >= 11 is 0. The van der Waals surface area contributed by atoms with Crippen molar-refractivity contribution < 1.29 is 84.9 Å². The molecule has 4 fully saturated rings. The van der Waals surface area contributed by atoms with Crippen LogP contribution in [-0.2, 0) is 75.0 Å². The van der Waals surface area contributed by atoms with Gasteiger partial charge in [0.25, 0.3) is 0 Å². The molecule has 0 aromatic carbocycles. The monoisotopic (exact) mass is 1620 g/mol. The number of ether oxygens (including phenoxy) is 11. The van der Waals surface area contributed by atoms with Crippen LogP contribution in [0.5, 0.6) is 0 Å². The number of hydrogen-bond acceptors (Lipinski definition) is 18. The van der Waals surface area contributed by atoms with E-state index in [2.05, 4.69) is 166 Å². The van der Waals surface area contributed by atoms with E-state index in [1.807, 2.05) is 86.8 Å². The van der Waals surface area contributed by atoms with Crippen LogP contribution in [0.25, 0.3) is 0 Å². The molecule has 25 atom stereocenters. The van der Waals surface area contributed by atoms with Crippen molar-refractivity contribution in [3.63, 3.8) is 0 Å². The van der Waals surface area contributed by atoms with E-state index in [0.29, 0.717) is 31.2 Å². The van der Waals surface area contributed by atoms with Gasteiger partial charge in [-0.25, -0.2) is 4.79 Å². The van der Waals surface area contributed by atoms with E-state index in [1.165, 1.54) is 6.08 Å². The number of aliphatic hydroxyl groups is 1. The summed E-state index contributed by atoms with van der Waals surface area (Å²) < 4.78 is 96.9. The molecule has 5 rings (SSSR count). The molecule has 19 nitrogen and oxygen atoms in total. The number of carbonyl (C=O) groups excluding carboxylic acids is 3. The Bertz CT molecular complexity index is 2910. The predicted molar refractivity (Wildman–Crippen MR) is 449 cm³/mol. The van der Waals surface area contributed by atoms with Gasteiger partial charge in [0.15, 0.2) is 49.1 Å². The largest absolute Gasteiger partial charge is 0.462 e. The van der Waals surface area contributed by atoms with Crippen molar-refractivity contribution in [2.24, 2.45) is 23.7 Å². The number of nitrogens with one attached hydrogen (secondary N) is 1. The number of esters is 2. The Hall–Kier alpha value is -2.24. The van der Waals surface area contributed by atoms with Gasteiger partial charge < -0.3 is 75.8 Å². The van der Waals surface area contributed by atoms with Crippen LogP contribution >= 0.6 is 33.1 Å². The van der Waals surface area contributed by atoms with Crippen molar-refractivity contribution in [3.05, 3.63) is 110 Å². The lowest BCUT2D eigenvalue weighted by atomic mass is 9.82. The third kappa shape index (κ3) is 27.8. The summed E-state index contributed by atoms with van der Waals surface area (Å²) in [5.41, 5.74) is 0.660. The summed E-state index contributed by atoms with van der Waals surface area (Å²) in [4.78, 5) is 43.1. The number of carbonyl (C=O) groups is 3. The molecule has 0 saturated carbocycles. The SMILES string of the molecule is C=CCOC(=O)N[C@@H]1[C@H](O)[C@H](O[C@H]2/C=C/C=C/C=C/C=C/C=C/C=C/C=C/[C@H](C)[C@@H](C)[C@@H](C)[C@H](C)OC(=O)C[C@H]3C[C@@H](CC[C@@H](O[Si](CC)(CC)C(C)C)[C@H]4C[C@@H](C[C@]5(OC)C[C@H](O[Si](CC)(CC)C(C)C)[C@@H](C(=O)OCC=C)C(C2)O5)OC(P(C)P)O4)OC(P(C)P)O3)O[C@H](C)[C@H]1O[Si](CC)(CC)C(C)C. The minimum atomic E-state index is -2.68. The smallest absolute Gasteiger partial charge is 0.407 e. The van der Waals surface area contributed by atoms with Crippen molar-refractivity contribution in [2.45, 2.75) is 325 Å². The maximum absolute atomic E-state index is 15.4. The number of cyclic esters (lactones) is 1. The van der Waals surface area contributed by atoms with Crippen LogP contribution < -0.4 is 5.32 Å². The zero-order valence-electron chi connectivity index (χ0n) is 68.7. The maximum atomic E-state index is 15.4. The molecule has 610 valence electrons. The Kier molecular flexibility index (Phi) is 41.8. The van der Waals surface area contributed by atoms with Crippen LogP contribution in [0, 0.1) is 23.7 Å². The van der Waals surface area contributed by atoms with E-state index < -0.39 is 143 Å². The standard InChI is InChI=1S/C81H141NO18P4Si3/c1-23-47-88-76(85)72-69-50-63(92-77-74(84)73(82-78(86)89-48-24-2)75(62(19)91-77)100-107(29-7,30-8)57(13)14)44-42-40-38-36-34-32-31-33-35-37-39-41-43-58(15)59(16)60(17)61(18)90-71(83)52-65-49-64(93-79(94-65)103(21)101)45-46-67(98-105(25-3,26-4)55(9)10)68-51-66(95-80(96-68)104(22)102)53-81(87-20,97-69)54-70(72)99-106(27-5,28-6)56(11)12/h23-24,31-44,55-70,72-75,77,79-80,84H,1-2,25-30,45-54,101-102H2,3-22H3,(H,82,86)/b32-31+,35-33+,36-34+,39-37+,40-38+,43-41+,44-42+/t58-,59+,60+,61-,62+,63-,64+,65+,66-,67+,68+,69?,70-,72-,73+,74-,75+,77-,79?,80?,81+,103?,104?/m0/s1. The highest BCUT2D eigenvalue weighted by molar-refractivity contribution is 8.13. The third-order valence-corrected chi connectivity index (χ3v) is 42.5. The molecule has 7 unspecified atom stereocenters. The average Bonchev–Trinajstić information content (AvgIpc) is 0.765. The minimum Gasteiger partial charge on any atom is -0.462 e. The fourth-order valence-corrected chi connectivity index (χ4v) is 29.0. The lowest BCUT2D eigenvalue weighted by Gasteiger charge is -2.52. The first-order chi connectivity index (χ1) is 50.8. The normalized spacial score (nSPS) is 35.8.